The normalized spacial score (nSPS) is 12.9. The van der Waals surface area contributed by atoms with Gasteiger partial charge in [0.15, 0.2) is 0 Å². The van der Waals surface area contributed by atoms with Crippen molar-refractivity contribution >= 4 is 22.6 Å². The number of nitrogens with one attached hydrogen (secondary N) is 1. The van der Waals surface area contributed by atoms with Crippen molar-refractivity contribution in [3.05, 3.63) is 40.2 Å². The summed E-state index contributed by atoms with van der Waals surface area (Å²) >= 11 is 6.17. The number of halogens is 1. The van der Waals surface area contributed by atoms with Gasteiger partial charge in [0, 0.05) is 12.6 Å². The van der Waals surface area contributed by atoms with Crippen LogP contribution in [0, 0.1) is 13.8 Å². The Morgan fingerprint density at radius 3 is 2.77 bits per heavy atom. The number of hydrogen-bond acceptors (Lipinski definition) is 5. The average Bonchev–Trinajstić information content (AvgIpc) is 3.06. The van der Waals surface area contributed by atoms with Crippen LogP contribution in [0.4, 0.5) is 0 Å². The molecule has 3 rings (SSSR count). The lowest BCUT2D eigenvalue weighted by atomic mass is 10.2. The van der Waals surface area contributed by atoms with E-state index in [0.29, 0.717) is 0 Å². The van der Waals surface area contributed by atoms with E-state index >= 15 is 0 Å². The third-order valence-electron chi connectivity index (χ3n) is 3.71. The minimum absolute atomic E-state index is 0.264. The molecule has 1 N–H and O–H groups in total. The molecule has 0 aliphatic heterocycles. The second kappa shape index (κ2) is 6.06. The Morgan fingerprint density at radius 2 is 2.05 bits per heavy atom. The van der Waals surface area contributed by atoms with Crippen LogP contribution in [0.25, 0.3) is 11.0 Å². The molecule has 1 aromatic carbocycles. The maximum absolute atomic E-state index is 6.17. The Morgan fingerprint density at radius 1 is 1.27 bits per heavy atom. The van der Waals surface area contributed by atoms with Gasteiger partial charge in [0.1, 0.15) is 11.0 Å². The Labute approximate surface area is 133 Å². The van der Waals surface area contributed by atoms with E-state index in [2.05, 4.69) is 27.7 Å². The lowest BCUT2D eigenvalue weighted by Crippen LogP contribution is -2.30. The number of fused-ring (bicyclic) bond motifs is 1. The molecule has 116 valence electrons. The fraction of sp³-hybridized carbons (Fsp3) is 0.400. The topological polar surface area (TPSA) is 68.8 Å². The summed E-state index contributed by atoms with van der Waals surface area (Å²) in [6.45, 7) is 7.55. The highest BCUT2D eigenvalue weighted by molar-refractivity contribution is 6.31. The first-order chi connectivity index (χ1) is 10.5. The fourth-order valence-electron chi connectivity index (χ4n) is 2.41. The van der Waals surface area contributed by atoms with Crippen molar-refractivity contribution in [2.75, 3.05) is 0 Å². The van der Waals surface area contributed by atoms with E-state index in [9.17, 15) is 0 Å². The van der Waals surface area contributed by atoms with Crippen LogP contribution < -0.4 is 5.32 Å². The van der Waals surface area contributed by atoms with E-state index < -0.39 is 0 Å². The van der Waals surface area contributed by atoms with E-state index in [4.69, 9.17) is 16.2 Å². The van der Waals surface area contributed by atoms with Crippen molar-refractivity contribution < 1.29 is 4.63 Å². The number of hydrogen-bond donors (Lipinski definition) is 1. The van der Waals surface area contributed by atoms with Crippen LogP contribution in [0.1, 0.15) is 23.9 Å². The summed E-state index contributed by atoms with van der Waals surface area (Å²) < 4.78 is 6.65. The van der Waals surface area contributed by atoms with Crippen LogP contribution in [0.15, 0.2) is 22.8 Å². The molecule has 0 aliphatic carbocycles. The van der Waals surface area contributed by atoms with Gasteiger partial charge < -0.3 is 5.32 Å². The molecule has 0 spiro atoms. The van der Waals surface area contributed by atoms with Crippen molar-refractivity contribution in [2.45, 2.75) is 39.9 Å². The Kier molecular flexibility index (Phi) is 4.13. The van der Waals surface area contributed by atoms with Crippen LogP contribution in [0.2, 0.25) is 5.02 Å². The summed E-state index contributed by atoms with van der Waals surface area (Å²) in [5.74, 6) is 0. The van der Waals surface area contributed by atoms with E-state index in [1.807, 2.05) is 36.7 Å². The van der Waals surface area contributed by atoms with Crippen LogP contribution >= 0.6 is 11.6 Å². The van der Waals surface area contributed by atoms with Crippen molar-refractivity contribution in [2.24, 2.45) is 0 Å². The molecular formula is C15H18ClN5O. The van der Waals surface area contributed by atoms with Crippen molar-refractivity contribution in [3.63, 3.8) is 0 Å². The third-order valence-corrected chi connectivity index (χ3v) is 4.26. The van der Waals surface area contributed by atoms with Gasteiger partial charge in [-0.1, -0.05) is 17.7 Å². The standard InChI is InChI=1S/C15H18ClN5O/c1-9(8-21-11(3)15(16)10(2)18-21)17-7-12-4-5-13-14(6-12)20-22-19-13/h4-6,9,17H,7-8H2,1-3H3. The number of benzene rings is 1. The van der Waals surface area contributed by atoms with Gasteiger partial charge in [-0.15, -0.1) is 0 Å². The summed E-state index contributed by atoms with van der Waals surface area (Å²) in [6.07, 6.45) is 0. The summed E-state index contributed by atoms with van der Waals surface area (Å²) in [7, 11) is 0. The predicted molar refractivity (Wildman–Crippen MR) is 84.8 cm³/mol. The molecule has 0 aliphatic rings. The van der Waals surface area contributed by atoms with Gasteiger partial charge in [-0.05, 0) is 48.8 Å². The molecule has 7 heteroatoms. The molecular weight excluding hydrogens is 302 g/mol. The fourth-order valence-corrected chi connectivity index (χ4v) is 2.54. The van der Waals surface area contributed by atoms with Crippen LogP contribution in [-0.2, 0) is 13.1 Å². The van der Waals surface area contributed by atoms with E-state index in [0.717, 1.165) is 46.1 Å². The van der Waals surface area contributed by atoms with E-state index in [-0.39, 0.29) is 6.04 Å². The zero-order valence-electron chi connectivity index (χ0n) is 12.8. The quantitative estimate of drug-likeness (QED) is 0.783. The minimum Gasteiger partial charge on any atom is -0.308 e. The first-order valence-electron chi connectivity index (χ1n) is 7.18. The largest absolute Gasteiger partial charge is 0.308 e. The number of rotatable bonds is 5. The highest BCUT2D eigenvalue weighted by Gasteiger charge is 2.11. The summed E-state index contributed by atoms with van der Waals surface area (Å²) in [5.41, 5.74) is 4.56. The maximum atomic E-state index is 6.17. The van der Waals surface area contributed by atoms with E-state index in [1.165, 1.54) is 0 Å². The molecule has 0 amide bonds. The summed E-state index contributed by atoms with van der Waals surface area (Å²) in [4.78, 5) is 0. The van der Waals surface area contributed by atoms with Crippen molar-refractivity contribution in [1.29, 1.82) is 0 Å². The Hall–Kier alpha value is -1.92. The second-order valence-corrected chi connectivity index (χ2v) is 5.91. The number of aromatic nitrogens is 4. The zero-order valence-corrected chi connectivity index (χ0v) is 13.6. The van der Waals surface area contributed by atoms with Gasteiger partial charge in [-0.2, -0.15) is 5.10 Å². The van der Waals surface area contributed by atoms with Gasteiger partial charge >= 0.3 is 0 Å². The molecule has 1 atom stereocenters. The monoisotopic (exact) mass is 319 g/mol. The van der Waals surface area contributed by atoms with Crippen molar-refractivity contribution in [3.8, 4) is 0 Å². The Balaban J connectivity index is 1.61. The number of aryl methyl sites for hydroxylation is 1. The minimum atomic E-state index is 0.264. The summed E-state index contributed by atoms with van der Waals surface area (Å²) in [6, 6.07) is 6.17. The first kappa shape index (κ1) is 15.0. The second-order valence-electron chi connectivity index (χ2n) is 5.54. The smallest absolute Gasteiger partial charge is 0.135 e. The first-order valence-corrected chi connectivity index (χ1v) is 7.56. The number of nitrogens with zero attached hydrogens (tertiary/aromatic N) is 4. The van der Waals surface area contributed by atoms with Crippen molar-refractivity contribution in [1.82, 2.24) is 25.4 Å². The van der Waals surface area contributed by atoms with Gasteiger partial charge in [0.05, 0.1) is 23.0 Å². The SMILES string of the molecule is Cc1nn(CC(C)NCc2ccc3nonc3c2)c(C)c1Cl. The molecule has 0 radical (unpaired) electrons. The van der Waals surface area contributed by atoms with Crippen LogP contribution in [-0.4, -0.2) is 26.1 Å². The average molecular weight is 320 g/mol. The van der Waals surface area contributed by atoms with Gasteiger partial charge in [-0.25, -0.2) is 4.63 Å². The molecule has 6 nitrogen and oxygen atoms in total. The van der Waals surface area contributed by atoms with Crippen LogP contribution in [0.3, 0.4) is 0 Å². The molecule has 1 unspecified atom stereocenters. The molecule has 2 heterocycles. The predicted octanol–water partition coefficient (Wildman–Crippen LogP) is 2.87. The molecule has 3 aromatic rings. The zero-order chi connectivity index (χ0) is 15.7. The van der Waals surface area contributed by atoms with E-state index in [1.54, 1.807) is 0 Å². The van der Waals surface area contributed by atoms with Gasteiger partial charge in [0.25, 0.3) is 0 Å². The van der Waals surface area contributed by atoms with Gasteiger partial charge in [-0.3, -0.25) is 4.68 Å². The molecule has 0 saturated carbocycles. The van der Waals surface area contributed by atoms with Crippen LogP contribution in [0.5, 0.6) is 0 Å². The molecule has 0 bridgehead atoms. The highest BCUT2D eigenvalue weighted by atomic mass is 35.5. The lowest BCUT2D eigenvalue weighted by molar-refractivity contribution is 0.315. The molecule has 22 heavy (non-hydrogen) atoms. The Bertz CT molecular complexity index is 794. The third kappa shape index (κ3) is 2.98. The summed E-state index contributed by atoms with van der Waals surface area (Å²) in [5, 5.41) is 16.3. The molecule has 0 fully saturated rings. The highest BCUT2D eigenvalue weighted by Crippen LogP contribution is 2.19. The lowest BCUT2D eigenvalue weighted by Gasteiger charge is -2.15. The molecule has 0 saturated heterocycles. The van der Waals surface area contributed by atoms with Gasteiger partial charge in [0.2, 0.25) is 0 Å². The molecule has 2 aromatic heterocycles. The maximum Gasteiger partial charge on any atom is 0.135 e.